The molecule has 142 valence electrons. The fraction of sp³-hybridized carbons (Fsp3) is 0.278. The van der Waals surface area contributed by atoms with Gasteiger partial charge in [0.05, 0.1) is 11.8 Å². The molecule has 0 aliphatic rings. The Labute approximate surface area is 152 Å². The van der Waals surface area contributed by atoms with E-state index in [0.29, 0.717) is 36.0 Å². The van der Waals surface area contributed by atoms with Crippen LogP contribution in [0, 0.1) is 0 Å². The van der Waals surface area contributed by atoms with E-state index >= 15 is 0 Å². The van der Waals surface area contributed by atoms with Crippen LogP contribution < -0.4 is 5.32 Å². The first-order chi connectivity index (χ1) is 12.9. The molecule has 2 aromatic heterocycles. The van der Waals surface area contributed by atoms with Gasteiger partial charge >= 0.3 is 6.18 Å². The third-order valence-electron chi connectivity index (χ3n) is 3.79. The molecule has 0 spiro atoms. The first-order valence-electron chi connectivity index (χ1n) is 8.21. The van der Waals surface area contributed by atoms with Crippen LogP contribution in [-0.4, -0.2) is 22.6 Å². The highest BCUT2D eigenvalue weighted by molar-refractivity contribution is 5.76. The molecule has 0 bridgehead atoms. The number of nitrogens with one attached hydrogen (secondary N) is 1. The lowest BCUT2D eigenvalue weighted by Gasteiger charge is -2.08. The summed E-state index contributed by atoms with van der Waals surface area (Å²) < 4.78 is 47.7. The van der Waals surface area contributed by atoms with Crippen LogP contribution in [0.4, 0.5) is 13.2 Å². The summed E-state index contributed by atoms with van der Waals surface area (Å²) in [6.07, 6.45) is -1.98. The Morgan fingerprint density at radius 3 is 2.56 bits per heavy atom. The van der Waals surface area contributed by atoms with Gasteiger partial charge in [0.1, 0.15) is 0 Å². The molecule has 0 saturated heterocycles. The number of amides is 1. The maximum Gasteiger partial charge on any atom is 0.416 e. The van der Waals surface area contributed by atoms with Crippen LogP contribution in [0.1, 0.15) is 23.4 Å². The molecule has 1 N–H and O–H groups in total. The van der Waals surface area contributed by atoms with Crippen LogP contribution >= 0.6 is 0 Å². The van der Waals surface area contributed by atoms with Gasteiger partial charge < -0.3 is 14.3 Å². The van der Waals surface area contributed by atoms with Gasteiger partial charge in [0.2, 0.25) is 17.6 Å². The number of hydrogen-bond donors (Lipinski definition) is 1. The molecule has 27 heavy (non-hydrogen) atoms. The number of benzene rings is 1. The minimum atomic E-state index is -4.35. The number of aryl methyl sites for hydroxylation is 1. The van der Waals surface area contributed by atoms with Crippen molar-refractivity contribution in [3.63, 3.8) is 0 Å². The van der Waals surface area contributed by atoms with Crippen molar-refractivity contribution in [2.75, 3.05) is 6.54 Å². The quantitative estimate of drug-likeness (QED) is 0.678. The van der Waals surface area contributed by atoms with Gasteiger partial charge in [-0.25, -0.2) is 0 Å². The second-order valence-electron chi connectivity index (χ2n) is 5.78. The van der Waals surface area contributed by atoms with E-state index in [1.165, 1.54) is 18.4 Å². The van der Waals surface area contributed by atoms with Crippen molar-refractivity contribution in [3.05, 3.63) is 59.7 Å². The molecule has 1 aromatic carbocycles. The Morgan fingerprint density at radius 1 is 1.11 bits per heavy atom. The van der Waals surface area contributed by atoms with Crippen LogP contribution in [-0.2, 0) is 23.8 Å². The van der Waals surface area contributed by atoms with E-state index < -0.39 is 11.7 Å². The highest BCUT2D eigenvalue weighted by Crippen LogP contribution is 2.29. The van der Waals surface area contributed by atoms with E-state index in [2.05, 4.69) is 15.5 Å². The molecule has 1 amide bonds. The van der Waals surface area contributed by atoms with Crippen LogP contribution in [0.3, 0.4) is 0 Å². The zero-order valence-corrected chi connectivity index (χ0v) is 14.1. The zero-order chi connectivity index (χ0) is 19.3. The third-order valence-corrected chi connectivity index (χ3v) is 3.79. The normalized spacial score (nSPS) is 11.5. The number of halogens is 3. The second-order valence-corrected chi connectivity index (χ2v) is 5.78. The number of carbonyl (C=O) groups excluding carboxylic acids is 1. The molecule has 9 heteroatoms. The smallest absolute Gasteiger partial charge is 0.416 e. The minimum absolute atomic E-state index is 0.160. The van der Waals surface area contributed by atoms with E-state index in [1.54, 1.807) is 12.1 Å². The number of carbonyl (C=O) groups is 1. The van der Waals surface area contributed by atoms with E-state index in [1.807, 2.05) is 0 Å². The van der Waals surface area contributed by atoms with Gasteiger partial charge in [0.15, 0.2) is 5.76 Å². The zero-order valence-electron chi connectivity index (χ0n) is 14.1. The number of alkyl halides is 3. The number of nitrogens with zero attached hydrogens (tertiary/aromatic N) is 2. The van der Waals surface area contributed by atoms with Crippen LogP contribution in [0.15, 0.2) is 51.6 Å². The highest BCUT2D eigenvalue weighted by Gasteiger charge is 2.29. The van der Waals surface area contributed by atoms with Gasteiger partial charge in [-0.1, -0.05) is 17.3 Å². The van der Waals surface area contributed by atoms with Gasteiger partial charge in [-0.2, -0.15) is 18.2 Å². The fourth-order valence-electron chi connectivity index (χ4n) is 2.38. The molecule has 2 heterocycles. The summed E-state index contributed by atoms with van der Waals surface area (Å²) in [5.41, 5.74) is 0.0204. The molecule has 0 radical (unpaired) electrons. The Bertz CT molecular complexity index is 871. The Kier molecular flexibility index (Phi) is 5.58. The number of rotatable bonds is 7. The summed E-state index contributed by atoms with van der Waals surface area (Å²) in [5, 5.41) is 6.48. The van der Waals surface area contributed by atoms with Crippen molar-refractivity contribution in [2.45, 2.75) is 25.4 Å². The third kappa shape index (κ3) is 5.19. The predicted octanol–water partition coefficient (Wildman–Crippen LogP) is 3.64. The summed E-state index contributed by atoms with van der Waals surface area (Å²) in [6, 6.07) is 8.28. The first kappa shape index (κ1) is 18.7. The average molecular weight is 379 g/mol. The van der Waals surface area contributed by atoms with Gasteiger partial charge in [0, 0.05) is 19.4 Å². The topological polar surface area (TPSA) is 81.2 Å². The summed E-state index contributed by atoms with van der Waals surface area (Å²) in [4.78, 5) is 16.0. The molecule has 6 nitrogen and oxygen atoms in total. The molecule has 3 aromatic rings. The van der Waals surface area contributed by atoms with Crippen molar-refractivity contribution in [1.29, 1.82) is 0 Å². The second kappa shape index (κ2) is 8.07. The summed E-state index contributed by atoms with van der Waals surface area (Å²) in [6.45, 7) is 0.325. The molecule has 0 saturated carbocycles. The largest absolute Gasteiger partial charge is 0.461 e. The van der Waals surface area contributed by atoms with Crippen molar-refractivity contribution >= 4 is 5.91 Å². The first-order valence-corrected chi connectivity index (χ1v) is 8.21. The maximum atomic E-state index is 12.5. The number of furan rings is 1. The molecular formula is C18H16F3N3O3. The van der Waals surface area contributed by atoms with Gasteiger partial charge in [-0.15, -0.1) is 0 Å². The van der Waals surface area contributed by atoms with Crippen molar-refractivity contribution in [3.8, 4) is 11.6 Å². The number of aromatic nitrogens is 2. The molecule has 3 rings (SSSR count). The van der Waals surface area contributed by atoms with Crippen molar-refractivity contribution in [2.24, 2.45) is 0 Å². The van der Waals surface area contributed by atoms with Gasteiger partial charge in [-0.05, 0) is 36.2 Å². The minimum Gasteiger partial charge on any atom is -0.461 e. The van der Waals surface area contributed by atoms with Gasteiger partial charge in [0.25, 0.3) is 0 Å². The predicted molar refractivity (Wildman–Crippen MR) is 88.5 cm³/mol. The number of hydrogen-bond acceptors (Lipinski definition) is 5. The maximum absolute atomic E-state index is 12.5. The summed E-state index contributed by atoms with van der Waals surface area (Å²) in [7, 11) is 0. The standard InChI is InChI=1S/C18H16F3N3O3/c19-18(20,21)13-5-3-12(4-6-13)9-10-22-15(25)7-8-16-23-17(24-27-16)14-2-1-11-26-14/h1-6,11H,7-10H2,(H,22,25). The Balaban J connectivity index is 1.40. The van der Waals surface area contributed by atoms with E-state index in [9.17, 15) is 18.0 Å². The van der Waals surface area contributed by atoms with Crippen molar-refractivity contribution < 1.29 is 26.9 Å². The lowest BCUT2D eigenvalue weighted by atomic mass is 10.1. The molecule has 0 aliphatic heterocycles. The summed E-state index contributed by atoms with van der Waals surface area (Å²) >= 11 is 0. The van der Waals surface area contributed by atoms with Gasteiger partial charge in [-0.3, -0.25) is 4.79 Å². The Hall–Kier alpha value is -3.10. The molecule has 0 aliphatic carbocycles. The molecular weight excluding hydrogens is 363 g/mol. The van der Waals surface area contributed by atoms with Crippen molar-refractivity contribution in [1.82, 2.24) is 15.5 Å². The van der Waals surface area contributed by atoms with E-state index in [-0.39, 0.29) is 18.7 Å². The lowest BCUT2D eigenvalue weighted by Crippen LogP contribution is -2.25. The SMILES string of the molecule is O=C(CCc1nc(-c2ccco2)no1)NCCc1ccc(C(F)(F)F)cc1. The lowest BCUT2D eigenvalue weighted by molar-refractivity contribution is -0.137. The average Bonchev–Trinajstić information content (AvgIpc) is 3.31. The van der Waals surface area contributed by atoms with E-state index in [4.69, 9.17) is 8.94 Å². The monoisotopic (exact) mass is 379 g/mol. The molecule has 0 atom stereocenters. The molecule has 0 unspecified atom stereocenters. The molecule has 0 fully saturated rings. The van der Waals surface area contributed by atoms with Crippen LogP contribution in [0.5, 0.6) is 0 Å². The van der Waals surface area contributed by atoms with Crippen LogP contribution in [0.25, 0.3) is 11.6 Å². The summed E-state index contributed by atoms with van der Waals surface area (Å²) in [5.74, 6) is 0.905. The Morgan fingerprint density at radius 2 is 1.89 bits per heavy atom. The highest BCUT2D eigenvalue weighted by atomic mass is 19.4. The van der Waals surface area contributed by atoms with Crippen LogP contribution in [0.2, 0.25) is 0 Å². The fourth-order valence-corrected chi connectivity index (χ4v) is 2.38. The van der Waals surface area contributed by atoms with E-state index in [0.717, 1.165) is 12.1 Å².